The first kappa shape index (κ1) is 34.6. The number of anilines is 1. The van der Waals surface area contributed by atoms with Crippen LogP contribution < -0.4 is 11.1 Å². The van der Waals surface area contributed by atoms with Crippen LogP contribution in [0.3, 0.4) is 0 Å². The average molecular weight is 770 g/mol. The molecule has 3 aliphatic carbocycles. The van der Waals surface area contributed by atoms with Crippen molar-refractivity contribution in [2.45, 2.75) is 42.2 Å². The van der Waals surface area contributed by atoms with E-state index in [0.717, 1.165) is 0 Å². The summed E-state index contributed by atoms with van der Waals surface area (Å²) in [6.07, 6.45) is 0.345. The van der Waals surface area contributed by atoms with E-state index in [-0.39, 0.29) is 51.7 Å². The number of carbonyl (C=O) groups excluding carboxylic acids is 4. The lowest BCUT2D eigenvalue weighted by atomic mass is 9.57. The SMILES string of the molecule is Br.CCC(Br)(C(=O)Nc1c(Cl)cc2c(c1O)C(O)=C1C(=O)[C@]3(O)C(O)=C(C(N)=O)C(=O)[C@@H](N(C)C)C3CC1C2)c1ccccc1. The number of Topliss-reactive ketones (excluding diaryl/α,β-unsaturated/α-hetero) is 2. The van der Waals surface area contributed by atoms with Crippen molar-refractivity contribution in [1.82, 2.24) is 4.90 Å². The number of hydrogen-bond acceptors (Lipinski definition) is 9. The van der Waals surface area contributed by atoms with Crippen molar-refractivity contribution in [3.8, 4) is 5.75 Å². The lowest BCUT2D eigenvalue weighted by molar-refractivity contribution is -0.153. The Kier molecular flexibility index (Phi) is 9.37. The Morgan fingerprint density at radius 2 is 1.80 bits per heavy atom. The van der Waals surface area contributed by atoms with Crippen LogP contribution in [-0.2, 0) is 29.9 Å². The fraction of sp³-hybridized carbons (Fsp3) is 0.355. The fourth-order valence-electron chi connectivity index (χ4n) is 6.79. The molecule has 0 spiro atoms. The third-order valence-electron chi connectivity index (χ3n) is 8.98. The van der Waals surface area contributed by atoms with Crippen LogP contribution in [-0.4, -0.2) is 74.4 Å². The maximum atomic E-state index is 14.0. The number of amides is 2. The first-order chi connectivity index (χ1) is 20.6. The van der Waals surface area contributed by atoms with Gasteiger partial charge in [0, 0.05) is 11.5 Å². The van der Waals surface area contributed by atoms with Gasteiger partial charge in [-0.1, -0.05) is 64.8 Å². The number of nitrogens with zero attached hydrogens (tertiary/aromatic N) is 1. The van der Waals surface area contributed by atoms with Crippen LogP contribution in [0, 0.1) is 11.8 Å². The smallest absolute Gasteiger partial charge is 0.255 e. The minimum atomic E-state index is -2.75. The summed E-state index contributed by atoms with van der Waals surface area (Å²) >= 11 is 10.1. The molecule has 2 amide bonds. The summed E-state index contributed by atoms with van der Waals surface area (Å²) in [6.45, 7) is 1.80. The monoisotopic (exact) mass is 767 g/mol. The van der Waals surface area contributed by atoms with Gasteiger partial charge in [0.25, 0.3) is 5.91 Å². The molecule has 45 heavy (non-hydrogen) atoms. The Bertz CT molecular complexity index is 1700. The van der Waals surface area contributed by atoms with Crippen molar-refractivity contribution < 1.29 is 39.6 Å². The van der Waals surface area contributed by atoms with Crippen molar-refractivity contribution in [2.75, 3.05) is 19.4 Å². The Hall–Kier alpha value is -3.23. The highest BCUT2D eigenvalue weighted by Gasteiger charge is 2.64. The zero-order valence-corrected chi connectivity index (χ0v) is 28.5. The lowest BCUT2D eigenvalue weighted by Gasteiger charge is -2.50. The van der Waals surface area contributed by atoms with Crippen LogP contribution in [0.2, 0.25) is 5.02 Å². The molecule has 7 N–H and O–H groups in total. The first-order valence-corrected chi connectivity index (χ1v) is 15.0. The molecule has 3 aliphatic rings. The highest BCUT2D eigenvalue weighted by molar-refractivity contribution is 9.10. The van der Waals surface area contributed by atoms with E-state index >= 15 is 0 Å². The number of fused-ring (bicyclic) bond motifs is 3. The average Bonchev–Trinajstić information content (AvgIpc) is 2.96. The number of alkyl halides is 1. The van der Waals surface area contributed by atoms with E-state index in [9.17, 15) is 39.6 Å². The minimum Gasteiger partial charge on any atom is -0.508 e. The summed E-state index contributed by atoms with van der Waals surface area (Å²) in [4.78, 5) is 54.4. The number of carbonyl (C=O) groups is 4. The number of aromatic hydroxyl groups is 1. The summed E-state index contributed by atoms with van der Waals surface area (Å²) in [7, 11) is 3.05. The first-order valence-electron chi connectivity index (χ1n) is 13.9. The van der Waals surface area contributed by atoms with Gasteiger partial charge in [-0.05, 0) is 56.5 Å². The Morgan fingerprint density at radius 3 is 2.36 bits per heavy atom. The predicted octanol–water partition coefficient (Wildman–Crippen LogP) is 3.83. The normalized spacial score (nSPS) is 25.5. The minimum absolute atomic E-state index is 0. The molecular formula is C31H32Br2ClN3O8. The van der Waals surface area contributed by atoms with Gasteiger partial charge in [0.05, 0.1) is 16.6 Å². The van der Waals surface area contributed by atoms with Crippen molar-refractivity contribution in [1.29, 1.82) is 0 Å². The lowest BCUT2D eigenvalue weighted by Crippen LogP contribution is -2.65. The molecule has 0 radical (unpaired) electrons. The molecule has 2 aromatic carbocycles. The maximum Gasteiger partial charge on any atom is 0.255 e. The van der Waals surface area contributed by atoms with Crippen LogP contribution in [0.5, 0.6) is 5.75 Å². The third kappa shape index (κ3) is 5.09. The molecule has 0 saturated heterocycles. The van der Waals surface area contributed by atoms with Gasteiger partial charge in [0.2, 0.25) is 11.7 Å². The number of nitrogens with one attached hydrogen (secondary N) is 1. The number of aliphatic hydroxyl groups excluding tert-OH is 2. The summed E-state index contributed by atoms with van der Waals surface area (Å²) in [5.41, 5.74) is 2.04. The van der Waals surface area contributed by atoms with Crippen LogP contribution in [0.15, 0.2) is 53.3 Å². The molecule has 3 unspecified atom stereocenters. The maximum absolute atomic E-state index is 14.0. The Balaban J connectivity index is 0.00000461. The number of hydrogen-bond donors (Lipinski definition) is 6. The number of benzene rings is 2. The van der Waals surface area contributed by atoms with E-state index in [1.807, 2.05) is 6.07 Å². The molecule has 1 fully saturated rings. The second kappa shape index (κ2) is 12.2. The number of primary amides is 1. The second-order valence-corrected chi connectivity index (χ2v) is 13.3. The van der Waals surface area contributed by atoms with Crippen molar-refractivity contribution in [3.05, 3.63) is 75.0 Å². The molecule has 5 rings (SSSR count). The molecule has 14 heteroatoms. The van der Waals surface area contributed by atoms with Crippen LogP contribution in [0.1, 0.15) is 36.5 Å². The quantitative estimate of drug-likeness (QED) is 0.144. The molecule has 0 heterocycles. The topological polar surface area (TPSA) is 190 Å². The van der Waals surface area contributed by atoms with Crippen LogP contribution >= 0.6 is 44.5 Å². The van der Waals surface area contributed by atoms with Gasteiger partial charge in [-0.25, -0.2) is 0 Å². The fourth-order valence-corrected chi connectivity index (χ4v) is 7.43. The largest absolute Gasteiger partial charge is 0.508 e. The third-order valence-corrected chi connectivity index (χ3v) is 10.7. The van der Waals surface area contributed by atoms with Gasteiger partial charge in [0.1, 0.15) is 27.1 Å². The van der Waals surface area contributed by atoms with Crippen LogP contribution in [0.4, 0.5) is 5.69 Å². The van der Waals surface area contributed by atoms with Crippen molar-refractivity contribution in [2.24, 2.45) is 17.6 Å². The molecule has 1 saturated carbocycles. The summed E-state index contributed by atoms with van der Waals surface area (Å²) in [5, 5.41) is 48.2. The Labute approximate surface area is 282 Å². The van der Waals surface area contributed by atoms with Crippen molar-refractivity contribution >= 4 is 79.3 Å². The highest BCUT2D eigenvalue weighted by Crippen LogP contribution is 2.54. The van der Waals surface area contributed by atoms with Crippen molar-refractivity contribution in [3.63, 3.8) is 0 Å². The van der Waals surface area contributed by atoms with Gasteiger partial charge in [-0.3, -0.25) is 24.1 Å². The predicted molar refractivity (Wildman–Crippen MR) is 176 cm³/mol. The molecule has 11 nitrogen and oxygen atoms in total. The summed E-state index contributed by atoms with van der Waals surface area (Å²) in [6, 6.07) is 9.18. The molecule has 5 atom stereocenters. The van der Waals surface area contributed by atoms with E-state index in [4.69, 9.17) is 17.3 Å². The van der Waals surface area contributed by atoms with E-state index in [1.165, 1.54) is 25.1 Å². The molecule has 0 bridgehead atoms. The van der Waals surface area contributed by atoms with Gasteiger partial charge < -0.3 is 31.5 Å². The molecule has 240 valence electrons. The number of phenols is 1. The van der Waals surface area contributed by atoms with E-state index in [1.54, 1.807) is 31.2 Å². The van der Waals surface area contributed by atoms with E-state index in [2.05, 4.69) is 21.2 Å². The second-order valence-electron chi connectivity index (χ2n) is 11.6. The summed E-state index contributed by atoms with van der Waals surface area (Å²) < 4.78 is -1.19. The number of halogens is 3. The number of phenolic OH excluding ortho intramolecular Hbond substituents is 1. The number of rotatable bonds is 6. The van der Waals surface area contributed by atoms with Crippen LogP contribution in [0.25, 0.3) is 5.76 Å². The van der Waals surface area contributed by atoms with E-state index < -0.39 is 74.0 Å². The van der Waals surface area contributed by atoms with Gasteiger partial charge in [-0.15, -0.1) is 17.0 Å². The summed E-state index contributed by atoms with van der Waals surface area (Å²) in [5.74, 6) is -8.23. The zero-order valence-electron chi connectivity index (χ0n) is 24.4. The van der Waals surface area contributed by atoms with E-state index in [0.29, 0.717) is 17.5 Å². The highest BCUT2D eigenvalue weighted by atomic mass is 79.9. The number of ketones is 2. The zero-order chi connectivity index (χ0) is 32.5. The van der Waals surface area contributed by atoms with Gasteiger partial charge in [-0.2, -0.15) is 0 Å². The van der Waals surface area contributed by atoms with Gasteiger partial charge in [0.15, 0.2) is 17.1 Å². The molecular weight excluding hydrogens is 738 g/mol. The molecule has 2 aromatic rings. The van der Waals surface area contributed by atoms with Gasteiger partial charge >= 0.3 is 0 Å². The Morgan fingerprint density at radius 1 is 1.18 bits per heavy atom. The number of nitrogens with two attached hydrogens (primary N) is 1. The molecule has 0 aromatic heterocycles. The standard InChI is InChI=1S/C31H31BrClN3O8.BrH/c1-4-30(32,15-8-6-5-7-9-15)29(43)35-21-17(33)12-14-10-13-11-16-22(36(2)3)25(39)20(28(34)42)27(41)31(16,44)26(40)19(13)23(37)18(14)24(21)38;/h5-9,12-13,16,22,37-38,41,44H,4,10-11H2,1-3H3,(H2,34,42)(H,35,43);1H/t13?,16?,22-,30?,31-;/m0./s1. The number of aliphatic hydroxyl groups is 3. The number of likely N-dealkylation sites (N-methyl/N-ethyl adjacent to an activating group) is 1. The molecule has 0 aliphatic heterocycles.